The van der Waals surface area contributed by atoms with Crippen molar-refractivity contribution in [2.45, 2.75) is 50.4 Å². The second-order valence-electron chi connectivity index (χ2n) is 6.67. The number of hydrogen-bond donors (Lipinski definition) is 2. The van der Waals surface area contributed by atoms with Crippen LogP contribution in [0.25, 0.3) is 0 Å². The maximum Gasteiger partial charge on any atom is 0.303 e. The van der Waals surface area contributed by atoms with E-state index in [1.54, 1.807) is 0 Å². The van der Waals surface area contributed by atoms with E-state index in [-0.39, 0.29) is 24.7 Å². The molecule has 0 aliphatic carbocycles. The van der Waals surface area contributed by atoms with Gasteiger partial charge in [-0.1, -0.05) is 60.7 Å². The highest BCUT2D eigenvalue weighted by molar-refractivity contribution is 5.67. The van der Waals surface area contributed by atoms with Gasteiger partial charge in [0.25, 0.3) is 0 Å². The summed E-state index contributed by atoms with van der Waals surface area (Å²) in [4.78, 5) is 21.9. The molecule has 4 heteroatoms. The second-order valence-corrected chi connectivity index (χ2v) is 6.67. The molecule has 0 saturated carbocycles. The Morgan fingerprint density at radius 3 is 1.62 bits per heavy atom. The largest absolute Gasteiger partial charge is 0.481 e. The van der Waals surface area contributed by atoms with Crippen molar-refractivity contribution in [3.8, 4) is 0 Å². The summed E-state index contributed by atoms with van der Waals surface area (Å²) >= 11 is 0. The summed E-state index contributed by atoms with van der Waals surface area (Å²) in [5, 5.41) is 18.0. The minimum atomic E-state index is -0.784. The van der Waals surface area contributed by atoms with Crippen molar-refractivity contribution >= 4 is 11.9 Å². The number of carboxylic acid groups (broad SMARTS) is 2. The van der Waals surface area contributed by atoms with Gasteiger partial charge >= 0.3 is 11.9 Å². The van der Waals surface area contributed by atoms with Crippen molar-refractivity contribution in [1.29, 1.82) is 0 Å². The van der Waals surface area contributed by atoms with Gasteiger partial charge in [0.2, 0.25) is 0 Å². The average molecular weight is 354 g/mol. The summed E-state index contributed by atoms with van der Waals surface area (Å²) in [7, 11) is 0. The lowest BCUT2D eigenvalue weighted by Gasteiger charge is -2.24. The van der Waals surface area contributed by atoms with Crippen molar-refractivity contribution in [2.24, 2.45) is 0 Å². The lowest BCUT2D eigenvalue weighted by molar-refractivity contribution is -0.138. The van der Waals surface area contributed by atoms with Crippen LogP contribution in [0.5, 0.6) is 0 Å². The van der Waals surface area contributed by atoms with Gasteiger partial charge in [0, 0.05) is 12.8 Å². The first kappa shape index (κ1) is 19.7. The van der Waals surface area contributed by atoms with Gasteiger partial charge in [0.05, 0.1) is 0 Å². The molecule has 2 unspecified atom stereocenters. The predicted octanol–water partition coefficient (Wildman–Crippen LogP) is 5.06. The van der Waals surface area contributed by atoms with Crippen LogP contribution in [-0.2, 0) is 9.59 Å². The Labute approximate surface area is 154 Å². The van der Waals surface area contributed by atoms with Crippen LogP contribution in [0, 0.1) is 0 Å². The number of hydrogen-bond acceptors (Lipinski definition) is 2. The maximum absolute atomic E-state index is 11.1. The second kappa shape index (κ2) is 10.4. The minimum Gasteiger partial charge on any atom is -0.481 e. The molecule has 2 atom stereocenters. The van der Waals surface area contributed by atoms with Crippen molar-refractivity contribution in [2.75, 3.05) is 0 Å². The summed E-state index contributed by atoms with van der Waals surface area (Å²) < 4.78 is 0. The van der Waals surface area contributed by atoms with Gasteiger partial charge in [0.15, 0.2) is 0 Å². The molecule has 0 bridgehead atoms. The number of carboxylic acids is 2. The fourth-order valence-electron chi connectivity index (χ4n) is 3.43. The molecule has 2 rings (SSSR count). The van der Waals surface area contributed by atoms with Crippen LogP contribution < -0.4 is 0 Å². The predicted molar refractivity (Wildman–Crippen MR) is 101 cm³/mol. The molecule has 26 heavy (non-hydrogen) atoms. The SMILES string of the molecule is O=C(O)CCCC(CC(CCC(=O)O)c1ccccc1)c1ccccc1. The topological polar surface area (TPSA) is 74.6 Å². The van der Waals surface area contributed by atoms with Crippen LogP contribution in [0.1, 0.15) is 61.5 Å². The van der Waals surface area contributed by atoms with E-state index in [4.69, 9.17) is 10.2 Å². The van der Waals surface area contributed by atoms with Crippen molar-refractivity contribution < 1.29 is 19.8 Å². The van der Waals surface area contributed by atoms with E-state index in [0.717, 1.165) is 18.4 Å². The summed E-state index contributed by atoms with van der Waals surface area (Å²) in [5.41, 5.74) is 2.34. The number of rotatable bonds is 11. The standard InChI is InChI=1S/C22H26O4/c23-21(24)13-7-12-19(17-8-3-1-4-9-17)16-20(14-15-22(25)26)18-10-5-2-6-11-18/h1-6,8-11,19-20H,7,12-16H2,(H,23,24)(H,25,26). The Bertz CT molecular complexity index is 682. The molecule has 0 aliphatic heterocycles. The van der Waals surface area contributed by atoms with Gasteiger partial charge in [0.1, 0.15) is 0 Å². The minimum absolute atomic E-state index is 0.135. The number of aliphatic carboxylic acids is 2. The molecule has 4 nitrogen and oxygen atoms in total. The molecule has 0 aliphatic rings. The normalized spacial score (nSPS) is 13.1. The fraction of sp³-hybridized carbons (Fsp3) is 0.364. The van der Waals surface area contributed by atoms with E-state index in [0.29, 0.717) is 12.8 Å². The molecular weight excluding hydrogens is 328 g/mol. The summed E-state index contributed by atoms with van der Waals surface area (Å²) in [6, 6.07) is 20.1. The van der Waals surface area contributed by atoms with E-state index in [1.165, 1.54) is 5.56 Å². The first-order valence-electron chi connectivity index (χ1n) is 9.09. The molecule has 0 fully saturated rings. The molecule has 0 amide bonds. The van der Waals surface area contributed by atoms with E-state index >= 15 is 0 Å². The summed E-state index contributed by atoms with van der Waals surface area (Å²) in [6.45, 7) is 0. The third kappa shape index (κ3) is 6.71. The quantitative estimate of drug-likeness (QED) is 0.591. The van der Waals surface area contributed by atoms with Crippen LogP contribution >= 0.6 is 0 Å². The monoisotopic (exact) mass is 354 g/mol. The van der Waals surface area contributed by atoms with Gasteiger partial charge in [-0.05, 0) is 48.6 Å². The Hall–Kier alpha value is -2.62. The smallest absolute Gasteiger partial charge is 0.303 e. The zero-order valence-electron chi connectivity index (χ0n) is 14.9. The van der Waals surface area contributed by atoms with E-state index < -0.39 is 11.9 Å². The van der Waals surface area contributed by atoms with E-state index in [1.807, 2.05) is 48.5 Å². The molecule has 138 valence electrons. The number of carbonyl (C=O) groups is 2. The first-order chi connectivity index (χ1) is 12.6. The van der Waals surface area contributed by atoms with Crippen LogP contribution in [0.15, 0.2) is 60.7 Å². The fourth-order valence-corrected chi connectivity index (χ4v) is 3.43. The Morgan fingerprint density at radius 1 is 0.692 bits per heavy atom. The Kier molecular flexibility index (Phi) is 7.87. The molecule has 2 aromatic rings. The summed E-state index contributed by atoms with van der Waals surface area (Å²) in [5.74, 6) is -1.20. The van der Waals surface area contributed by atoms with Gasteiger partial charge in [-0.2, -0.15) is 0 Å². The van der Waals surface area contributed by atoms with Gasteiger partial charge in [-0.3, -0.25) is 9.59 Å². The van der Waals surface area contributed by atoms with Crippen LogP contribution in [-0.4, -0.2) is 22.2 Å². The Balaban J connectivity index is 2.17. The highest BCUT2D eigenvalue weighted by atomic mass is 16.4. The van der Waals surface area contributed by atoms with Crippen LogP contribution in [0.3, 0.4) is 0 Å². The molecule has 0 heterocycles. The van der Waals surface area contributed by atoms with Gasteiger partial charge in [-0.25, -0.2) is 0 Å². The molecule has 2 aromatic carbocycles. The highest BCUT2D eigenvalue weighted by Gasteiger charge is 2.20. The van der Waals surface area contributed by atoms with E-state index in [2.05, 4.69) is 12.1 Å². The lowest BCUT2D eigenvalue weighted by Crippen LogP contribution is -2.10. The molecular formula is C22H26O4. The zero-order valence-corrected chi connectivity index (χ0v) is 14.9. The molecule has 0 aromatic heterocycles. The molecule has 0 spiro atoms. The molecule has 0 radical (unpaired) electrons. The first-order valence-corrected chi connectivity index (χ1v) is 9.09. The number of benzene rings is 2. The molecule has 0 saturated heterocycles. The van der Waals surface area contributed by atoms with Crippen molar-refractivity contribution in [3.63, 3.8) is 0 Å². The summed E-state index contributed by atoms with van der Waals surface area (Å²) in [6.07, 6.45) is 3.11. The highest BCUT2D eigenvalue weighted by Crippen LogP contribution is 2.36. The van der Waals surface area contributed by atoms with Crippen LogP contribution in [0.2, 0.25) is 0 Å². The maximum atomic E-state index is 11.1. The van der Waals surface area contributed by atoms with Gasteiger partial charge < -0.3 is 10.2 Å². The zero-order chi connectivity index (χ0) is 18.8. The average Bonchev–Trinajstić information content (AvgIpc) is 2.64. The van der Waals surface area contributed by atoms with Crippen molar-refractivity contribution in [3.05, 3.63) is 71.8 Å². The molecule has 2 N–H and O–H groups in total. The Morgan fingerprint density at radius 2 is 1.15 bits per heavy atom. The lowest BCUT2D eigenvalue weighted by atomic mass is 9.80. The van der Waals surface area contributed by atoms with Gasteiger partial charge in [-0.15, -0.1) is 0 Å². The third-order valence-electron chi connectivity index (χ3n) is 4.76. The van der Waals surface area contributed by atoms with Crippen LogP contribution in [0.4, 0.5) is 0 Å². The van der Waals surface area contributed by atoms with E-state index in [9.17, 15) is 9.59 Å². The van der Waals surface area contributed by atoms with Crippen molar-refractivity contribution in [1.82, 2.24) is 0 Å². The third-order valence-corrected chi connectivity index (χ3v) is 4.76.